The minimum atomic E-state index is -0.232. The largest absolute Gasteiger partial charge is 0.359 e. The molecule has 2 N–H and O–H groups in total. The lowest BCUT2D eigenvalue weighted by atomic mass is 9.98. The molecule has 3 aromatic heterocycles. The van der Waals surface area contributed by atoms with Crippen molar-refractivity contribution < 1.29 is 4.79 Å². The van der Waals surface area contributed by atoms with E-state index in [1.54, 1.807) is 36.8 Å². The number of halogens is 2. The van der Waals surface area contributed by atoms with Gasteiger partial charge in [-0.25, -0.2) is 0 Å². The Kier molecular flexibility index (Phi) is 4.05. The number of pyridine rings is 1. The van der Waals surface area contributed by atoms with Gasteiger partial charge in [-0.3, -0.25) is 14.9 Å². The molecule has 0 aliphatic rings. The van der Waals surface area contributed by atoms with Gasteiger partial charge in [-0.1, -0.05) is 23.2 Å². The van der Waals surface area contributed by atoms with Crippen LogP contribution in [0.1, 0.15) is 27.3 Å². The molecule has 0 bridgehead atoms. The lowest BCUT2D eigenvalue weighted by Crippen LogP contribution is -2.03. The smallest absolute Gasteiger partial charge is 0.198 e. The molecule has 0 unspecified atom stereocenters. The first kappa shape index (κ1) is 16.8. The molecule has 7 heteroatoms. The average Bonchev–Trinajstić information content (AvgIpc) is 3.17. The number of nitrogens with zero attached hydrogens (tertiary/aromatic N) is 2. The highest BCUT2D eigenvalue weighted by molar-refractivity contribution is 6.42. The Morgan fingerprint density at radius 2 is 1.88 bits per heavy atom. The van der Waals surface area contributed by atoms with E-state index < -0.39 is 0 Å². The Morgan fingerprint density at radius 1 is 1.15 bits per heavy atom. The maximum atomic E-state index is 13.1. The van der Waals surface area contributed by atoms with Crippen LogP contribution >= 0.6 is 23.2 Å². The maximum absolute atomic E-state index is 13.1. The van der Waals surface area contributed by atoms with Crippen LogP contribution in [0.5, 0.6) is 0 Å². The molecule has 4 aromatic rings. The Labute approximate surface area is 159 Å². The number of benzene rings is 1. The van der Waals surface area contributed by atoms with Crippen LogP contribution < -0.4 is 0 Å². The summed E-state index contributed by atoms with van der Waals surface area (Å²) in [6, 6.07) is 5.29. The second-order valence-corrected chi connectivity index (χ2v) is 6.89. The number of ketones is 1. The van der Waals surface area contributed by atoms with Crippen LogP contribution in [0.3, 0.4) is 0 Å². The van der Waals surface area contributed by atoms with Crippen LogP contribution in [0.2, 0.25) is 10.0 Å². The first-order chi connectivity index (χ1) is 12.5. The van der Waals surface area contributed by atoms with E-state index in [4.69, 9.17) is 23.2 Å². The van der Waals surface area contributed by atoms with Gasteiger partial charge in [0.25, 0.3) is 0 Å². The monoisotopic (exact) mass is 384 g/mol. The number of aromatic amines is 2. The number of carbonyl (C=O) groups is 1. The van der Waals surface area contributed by atoms with Crippen molar-refractivity contribution in [3.05, 3.63) is 69.3 Å². The summed E-state index contributed by atoms with van der Waals surface area (Å²) >= 11 is 12.9. The summed E-state index contributed by atoms with van der Waals surface area (Å²) in [6.45, 7) is 3.83. The molecule has 5 nitrogen and oxygen atoms in total. The van der Waals surface area contributed by atoms with Gasteiger partial charge < -0.3 is 4.98 Å². The fourth-order valence-corrected chi connectivity index (χ4v) is 3.86. The number of aryl methyl sites for hydroxylation is 2. The van der Waals surface area contributed by atoms with E-state index in [2.05, 4.69) is 20.2 Å². The van der Waals surface area contributed by atoms with Crippen LogP contribution in [0, 0.1) is 13.8 Å². The lowest BCUT2D eigenvalue weighted by Gasteiger charge is -2.10. The number of H-pyrrole nitrogens is 2. The maximum Gasteiger partial charge on any atom is 0.198 e. The van der Waals surface area contributed by atoms with Crippen molar-refractivity contribution in [3.63, 3.8) is 0 Å². The molecular formula is C19H14Cl2N4O. The third-order valence-electron chi connectivity index (χ3n) is 4.41. The fraction of sp³-hybridized carbons (Fsp3) is 0.105. The summed E-state index contributed by atoms with van der Waals surface area (Å²) in [5, 5.41) is 8.53. The summed E-state index contributed by atoms with van der Waals surface area (Å²) in [6.07, 6.45) is 4.96. The Balaban J connectivity index is 1.84. The first-order valence-electron chi connectivity index (χ1n) is 7.94. The molecule has 0 fully saturated rings. The molecule has 0 aliphatic carbocycles. The molecule has 4 rings (SSSR count). The summed E-state index contributed by atoms with van der Waals surface area (Å²) in [5.74, 6) is -0.232. The Hall–Kier alpha value is -2.63. The van der Waals surface area contributed by atoms with E-state index in [-0.39, 0.29) is 11.3 Å². The number of hydrogen-bond donors (Lipinski definition) is 2. The van der Waals surface area contributed by atoms with Crippen molar-refractivity contribution in [2.24, 2.45) is 0 Å². The average molecular weight is 385 g/mol. The SMILES string of the molecule is Cc1n[nH]c(C)c1-c1cc(Cl)c(C(=O)c2c[nH]c3cnccc23)c(Cl)c1. The number of fused-ring (bicyclic) bond motifs is 1. The van der Waals surface area contributed by atoms with Crippen LogP contribution in [-0.2, 0) is 0 Å². The molecule has 0 saturated carbocycles. The lowest BCUT2D eigenvalue weighted by molar-refractivity contribution is 0.104. The zero-order valence-electron chi connectivity index (χ0n) is 14.0. The highest BCUT2D eigenvalue weighted by Gasteiger charge is 2.22. The van der Waals surface area contributed by atoms with E-state index in [1.165, 1.54) is 0 Å². The van der Waals surface area contributed by atoms with Crippen molar-refractivity contribution in [1.82, 2.24) is 20.2 Å². The zero-order valence-corrected chi connectivity index (χ0v) is 15.5. The Morgan fingerprint density at radius 3 is 2.54 bits per heavy atom. The van der Waals surface area contributed by atoms with E-state index in [0.717, 1.165) is 33.4 Å². The van der Waals surface area contributed by atoms with Crippen LogP contribution in [0.25, 0.3) is 22.0 Å². The van der Waals surface area contributed by atoms with Gasteiger partial charge in [-0.2, -0.15) is 5.10 Å². The van der Waals surface area contributed by atoms with Gasteiger partial charge in [-0.05, 0) is 37.6 Å². The predicted molar refractivity (Wildman–Crippen MR) is 103 cm³/mol. The van der Waals surface area contributed by atoms with Crippen molar-refractivity contribution in [3.8, 4) is 11.1 Å². The molecule has 0 amide bonds. The molecule has 0 spiro atoms. The summed E-state index contributed by atoms with van der Waals surface area (Å²) in [4.78, 5) is 20.2. The molecule has 3 heterocycles. The van der Waals surface area contributed by atoms with Crippen molar-refractivity contribution in [2.45, 2.75) is 13.8 Å². The first-order valence-corrected chi connectivity index (χ1v) is 8.69. The second kappa shape index (κ2) is 6.27. The standard InChI is InChI=1S/C19H14Cl2N4O/c1-9-17(10(2)25-24-9)11-5-14(20)18(15(21)6-11)19(26)13-7-23-16-8-22-4-3-12(13)16/h3-8,23H,1-2H3,(H,24,25). The number of nitrogens with one attached hydrogen (secondary N) is 2. The zero-order chi connectivity index (χ0) is 18.4. The summed E-state index contributed by atoms with van der Waals surface area (Å²) in [7, 11) is 0. The fourth-order valence-electron chi connectivity index (χ4n) is 3.21. The summed E-state index contributed by atoms with van der Waals surface area (Å²) < 4.78 is 0. The van der Waals surface area contributed by atoms with Crippen molar-refractivity contribution >= 4 is 39.9 Å². The number of aromatic nitrogens is 4. The quantitative estimate of drug-likeness (QED) is 0.482. The minimum absolute atomic E-state index is 0.232. The molecule has 130 valence electrons. The van der Waals surface area contributed by atoms with Gasteiger partial charge in [0.1, 0.15) is 0 Å². The molecule has 0 saturated heterocycles. The van der Waals surface area contributed by atoms with Crippen LogP contribution in [-0.4, -0.2) is 25.9 Å². The third kappa shape index (κ3) is 2.60. The topological polar surface area (TPSA) is 74.4 Å². The van der Waals surface area contributed by atoms with Crippen LogP contribution in [0.4, 0.5) is 0 Å². The molecule has 0 radical (unpaired) electrons. The second-order valence-electron chi connectivity index (χ2n) is 6.08. The van der Waals surface area contributed by atoms with E-state index >= 15 is 0 Å². The van der Waals surface area contributed by atoms with Crippen molar-refractivity contribution in [1.29, 1.82) is 0 Å². The van der Waals surface area contributed by atoms with Gasteiger partial charge in [0.05, 0.1) is 33.0 Å². The number of rotatable bonds is 3. The number of carbonyl (C=O) groups excluding carboxylic acids is 1. The molecule has 1 aromatic carbocycles. The Bertz CT molecular complexity index is 1120. The van der Waals surface area contributed by atoms with E-state index in [9.17, 15) is 4.79 Å². The predicted octanol–water partition coefficient (Wildman–Crippen LogP) is 5.11. The highest BCUT2D eigenvalue weighted by Crippen LogP contribution is 2.36. The van der Waals surface area contributed by atoms with Gasteiger partial charge in [0.2, 0.25) is 0 Å². The van der Waals surface area contributed by atoms with Crippen molar-refractivity contribution in [2.75, 3.05) is 0 Å². The molecule has 0 aliphatic heterocycles. The number of hydrogen-bond acceptors (Lipinski definition) is 3. The highest BCUT2D eigenvalue weighted by atomic mass is 35.5. The molecular weight excluding hydrogens is 371 g/mol. The van der Waals surface area contributed by atoms with Crippen LogP contribution in [0.15, 0.2) is 36.8 Å². The molecule has 26 heavy (non-hydrogen) atoms. The molecule has 0 atom stereocenters. The third-order valence-corrected chi connectivity index (χ3v) is 5.01. The van der Waals surface area contributed by atoms with E-state index in [0.29, 0.717) is 15.6 Å². The minimum Gasteiger partial charge on any atom is -0.359 e. The van der Waals surface area contributed by atoms with Gasteiger partial charge in [0.15, 0.2) is 5.78 Å². The van der Waals surface area contributed by atoms with Gasteiger partial charge >= 0.3 is 0 Å². The van der Waals surface area contributed by atoms with E-state index in [1.807, 2.05) is 13.8 Å². The summed E-state index contributed by atoms with van der Waals surface area (Å²) in [5.41, 5.74) is 5.10. The normalized spacial score (nSPS) is 11.2. The van der Waals surface area contributed by atoms with Gasteiger partial charge in [0, 0.05) is 34.6 Å². The van der Waals surface area contributed by atoms with Gasteiger partial charge in [-0.15, -0.1) is 0 Å².